The predicted molar refractivity (Wildman–Crippen MR) is 111 cm³/mol. The molecule has 0 saturated heterocycles. The lowest BCUT2D eigenvalue weighted by atomic mass is 9.99. The number of methoxy groups -OCH3 is 1. The van der Waals surface area contributed by atoms with Crippen LogP contribution in [-0.4, -0.2) is 54.1 Å². The topological polar surface area (TPSA) is 86.6 Å². The number of aliphatic hydroxyl groups is 2. The van der Waals surface area contributed by atoms with E-state index in [-0.39, 0.29) is 19.0 Å². The van der Waals surface area contributed by atoms with E-state index in [1.54, 1.807) is 12.1 Å². The van der Waals surface area contributed by atoms with Crippen LogP contribution in [0.5, 0.6) is 5.75 Å². The van der Waals surface area contributed by atoms with Gasteiger partial charge in [0.1, 0.15) is 5.82 Å². The molecule has 158 valence electrons. The zero-order valence-electron chi connectivity index (χ0n) is 16.8. The molecular formula is C22H30FN3O3. The van der Waals surface area contributed by atoms with Crippen LogP contribution in [0, 0.1) is 5.82 Å². The third-order valence-corrected chi connectivity index (χ3v) is 5.48. The lowest BCUT2D eigenvalue weighted by Crippen LogP contribution is -2.28. The number of ether oxygens (including phenoxy) is 1. The van der Waals surface area contributed by atoms with E-state index < -0.39 is 6.10 Å². The summed E-state index contributed by atoms with van der Waals surface area (Å²) in [6.45, 7) is 0.856. The van der Waals surface area contributed by atoms with Gasteiger partial charge in [-0.05, 0) is 67.5 Å². The second kappa shape index (κ2) is 10.5. The zero-order valence-corrected chi connectivity index (χ0v) is 16.8. The van der Waals surface area contributed by atoms with Gasteiger partial charge in [0.05, 0.1) is 19.8 Å². The van der Waals surface area contributed by atoms with E-state index in [0.29, 0.717) is 23.5 Å². The molecule has 1 fully saturated rings. The van der Waals surface area contributed by atoms with Gasteiger partial charge in [0.2, 0.25) is 0 Å². The molecule has 0 radical (unpaired) electrons. The van der Waals surface area contributed by atoms with Gasteiger partial charge in [-0.15, -0.1) is 0 Å². The monoisotopic (exact) mass is 403 g/mol. The van der Waals surface area contributed by atoms with E-state index in [9.17, 15) is 9.50 Å². The molecule has 2 aromatic rings. The Balaban J connectivity index is 1.43. The van der Waals surface area contributed by atoms with E-state index in [0.717, 1.165) is 37.8 Å². The Labute approximate surface area is 171 Å². The first-order valence-electron chi connectivity index (χ1n) is 10.1. The summed E-state index contributed by atoms with van der Waals surface area (Å²) in [4.78, 5) is 4.41. The van der Waals surface area contributed by atoms with E-state index in [1.165, 1.54) is 18.7 Å². The van der Waals surface area contributed by atoms with Gasteiger partial charge in [-0.1, -0.05) is 12.1 Å². The van der Waals surface area contributed by atoms with Crippen molar-refractivity contribution in [3.8, 4) is 5.75 Å². The largest absolute Gasteiger partial charge is 0.494 e. The van der Waals surface area contributed by atoms with Crippen molar-refractivity contribution in [1.29, 1.82) is 0 Å². The van der Waals surface area contributed by atoms with E-state index in [4.69, 9.17) is 9.84 Å². The van der Waals surface area contributed by atoms with Crippen molar-refractivity contribution in [3.05, 3.63) is 53.5 Å². The highest BCUT2D eigenvalue weighted by atomic mass is 19.1. The number of pyridine rings is 1. The molecule has 1 aromatic heterocycles. The van der Waals surface area contributed by atoms with Gasteiger partial charge in [-0.2, -0.15) is 0 Å². The van der Waals surface area contributed by atoms with Crippen molar-refractivity contribution in [2.24, 2.45) is 0 Å². The molecule has 3 atom stereocenters. The third-order valence-electron chi connectivity index (χ3n) is 5.48. The van der Waals surface area contributed by atoms with Crippen LogP contribution >= 0.6 is 0 Å². The van der Waals surface area contributed by atoms with Crippen LogP contribution in [0.2, 0.25) is 0 Å². The molecule has 1 saturated carbocycles. The van der Waals surface area contributed by atoms with Crippen LogP contribution in [0.4, 0.5) is 10.2 Å². The van der Waals surface area contributed by atoms with Crippen molar-refractivity contribution in [2.75, 3.05) is 32.1 Å². The number of nitrogens with zero attached hydrogens (tertiary/aromatic N) is 1. The molecule has 0 bridgehead atoms. The van der Waals surface area contributed by atoms with E-state index in [2.05, 4.69) is 21.7 Å². The SMILES string of the molecule is COc1cc(CCN[C@H]2CC[C@@H](c3ccc(NCC(O)CO)nc3)C2)ccc1F. The highest BCUT2D eigenvalue weighted by Crippen LogP contribution is 2.34. The minimum Gasteiger partial charge on any atom is -0.494 e. The molecule has 1 aromatic carbocycles. The summed E-state index contributed by atoms with van der Waals surface area (Å²) >= 11 is 0. The highest BCUT2D eigenvalue weighted by molar-refractivity contribution is 5.36. The summed E-state index contributed by atoms with van der Waals surface area (Å²) in [6, 6.07) is 9.49. The number of benzene rings is 1. The number of aromatic nitrogens is 1. The average molecular weight is 403 g/mol. The van der Waals surface area contributed by atoms with Crippen molar-refractivity contribution < 1.29 is 19.3 Å². The van der Waals surface area contributed by atoms with Crippen LogP contribution in [-0.2, 0) is 6.42 Å². The molecule has 1 aliphatic carbocycles. The maximum absolute atomic E-state index is 13.5. The molecule has 0 spiro atoms. The number of hydrogen-bond acceptors (Lipinski definition) is 6. The fraction of sp³-hybridized carbons (Fsp3) is 0.500. The Morgan fingerprint density at radius 3 is 2.86 bits per heavy atom. The number of rotatable bonds is 10. The first-order valence-corrected chi connectivity index (χ1v) is 10.1. The van der Waals surface area contributed by atoms with Gasteiger partial charge >= 0.3 is 0 Å². The van der Waals surface area contributed by atoms with Crippen molar-refractivity contribution in [1.82, 2.24) is 10.3 Å². The molecule has 1 unspecified atom stereocenters. The maximum Gasteiger partial charge on any atom is 0.165 e. The summed E-state index contributed by atoms with van der Waals surface area (Å²) in [6.07, 6.45) is 5.27. The molecule has 7 heteroatoms. The normalized spacial score (nSPS) is 19.9. The van der Waals surface area contributed by atoms with Crippen LogP contribution < -0.4 is 15.4 Å². The van der Waals surface area contributed by atoms with Crippen LogP contribution in [0.25, 0.3) is 0 Å². The average Bonchev–Trinajstić information content (AvgIpc) is 3.22. The van der Waals surface area contributed by atoms with Crippen molar-refractivity contribution in [2.45, 2.75) is 43.7 Å². The summed E-state index contributed by atoms with van der Waals surface area (Å²) in [7, 11) is 1.48. The first kappa shape index (κ1) is 21.5. The molecule has 0 aliphatic heterocycles. The number of halogens is 1. The quantitative estimate of drug-likeness (QED) is 0.488. The van der Waals surface area contributed by atoms with Crippen molar-refractivity contribution in [3.63, 3.8) is 0 Å². The molecule has 1 aliphatic rings. The fourth-order valence-corrected chi connectivity index (χ4v) is 3.79. The molecule has 29 heavy (non-hydrogen) atoms. The number of anilines is 1. The molecule has 0 amide bonds. The van der Waals surface area contributed by atoms with Gasteiger partial charge in [0.25, 0.3) is 0 Å². The number of hydrogen-bond donors (Lipinski definition) is 4. The molecule has 4 N–H and O–H groups in total. The summed E-state index contributed by atoms with van der Waals surface area (Å²) in [5.41, 5.74) is 2.29. The number of nitrogens with one attached hydrogen (secondary N) is 2. The lowest BCUT2D eigenvalue weighted by Gasteiger charge is -2.15. The summed E-state index contributed by atoms with van der Waals surface area (Å²) in [5, 5.41) is 24.9. The maximum atomic E-state index is 13.5. The smallest absolute Gasteiger partial charge is 0.165 e. The summed E-state index contributed by atoms with van der Waals surface area (Å²) in [5.74, 6) is 1.15. The predicted octanol–water partition coefficient (Wildman–Crippen LogP) is 2.46. The second-order valence-corrected chi connectivity index (χ2v) is 7.57. The number of aliphatic hydroxyl groups excluding tert-OH is 2. The van der Waals surface area contributed by atoms with Gasteiger partial charge in [-0.3, -0.25) is 0 Å². The van der Waals surface area contributed by atoms with Gasteiger partial charge in [0.15, 0.2) is 11.6 Å². The van der Waals surface area contributed by atoms with Gasteiger partial charge in [-0.25, -0.2) is 9.37 Å². The minimum atomic E-state index is -0.783. The molecule has 3 rings (SSSR count). The van der Waals surface area contributed by atoms with Crippen LogP contribution in [0.1, 0.15) is 36.3 Å². The van der Waals surface area contributed by atoms with Crippen LogP contribution in [0.15, 0.2) is 36.5 Å². The Bertz CT molecular complexity index is 772. The van der Waals surface area contributed by atoms with Crippen molar-refractivity contribution >= 4 is 5.82 Å². The first-order chi connectivity index (χ1) is 14.1. The molecule has 1 heterocycles. The Morgan fingerprint density at radius 1 is 1.28 bits per heavy atom. The zero-order chi connectivity index (χ0) is 20.6. The van der Waals surface area contributed by atoms with E-state index >= 15 is 0 Å². The fourth-order valence-electron chi connectivity index (χ4n) is 3.79. The van der Waals surface area contributed by atoms with Gasteiger partial charge < -0.3 is 25.6 Å². The Kier molecular flexibility index (Phi) is 7.80. The molecule has 6 nitrogen and oxygen atoms in total. The second-order valence-electron chi connectivity index (χ2n) is 7.57. The third kappa shape index (κ3) is 6.13. The van der Waals surface area contributed by atoms with Crippen LogP contribution in [0.3, 0.4) is 0 Å². The van der Waals surface area contributed by atoms with E-state index in [1.807, 2.05) is 12.3 Å². The Morgan fingerprint density at radius 2 is 2.14 bits per heavy atom. The standard InChI is InChI=1S/C22H30FN3O3/c1-29-21-10-15(2-6-20(21)23)8-9-24-18-5-3-16(11-18)17-4-7-22(25-12-17)26-13-19(28)14-27/h2,4,6-7,10,12,16,18-19,24,27-28H,3,5,8-9,11,13-14H2,1H3,(H,25,26)/t16-,18+,19?/m1/s1. The lowest BCUT2D eigenvalue weighted by molar-refractivity contribution is 0.105. The minimum absolute atomic E-state index is 0.268. The highest BCUT2D eigenvalue weighted by Gasteiger charge is 2.25. The Hall–Kier alpha value is -2.22. The summed E-state index contributed by atoms with van der Waals surface area (Å²) < 4.78 is 18.5. The molecular weight excluding hydrogens is 373 g/mol. The van der Waals surface area contributed by atoms with Gasteiger partial charge in [0, 0.05) is 18.8 Å².